The van der Waals surface area contributed by atoms with Gasteiger partial charge in [0.15, 0.2) is 5.65 Å². The van der Waals surface area contributed by atoms with E-state index in [4.69, 9.17) is 5.73 Å². The summed E-state index contributed by atoms with van der Waals surface area (Å²) in [5, 5.41) is 2.82. The Balaban J connectivity index is 1.35. The normalized spacial score (nSPS) is 22.5. The zero-order valence-electron chi connectivity index (χ0n) is 15.2. The monoisotopic (exact) mass is 456 g/mol. The lowest BCUT2D eigenvalue weighted by Crippen LogP contribution is -2.46. The first kappa shape index (κ1) is 18.0. The lowest BCUT2D eigenvalue weighted by molar-refractivity contribution is -0.138. The summed E-state index contributed by atoms with van der Waals surface area (Å²) in [7, 11) is 0. The molecule has 2 fully saturated rings. The van der Waals surface area contributed by atoms with E-state index in [0.717, 1.165) is 6.42 Å². The van der Waals surface area contributed by atoms with Crippen LogP contribution in [0.4, 0.5) is 11.8 Å². The summed E-state index contributed by atoms with van der Waals surface area (Å²) in [6.45, 7) is 0.0368. The highest BCUT2D eigenvalue weighted by Gasteiger charge is 2.56. The quantitative estimate of drug-likeness (QED) is 0.563. The zero-order chi connectivity index (χ0) is 20.1. The van der Waals surface area contributed by atoms with E-state index in [1.54, 1.807) is 27.7 Å². The van der Waals surface area contributed by atoms with Gasteiger partial charge in [-0.3, -0.25) is 9.59 Å². The van der Waals surface area contributed by atoms with Gasteiger partial charge >= 0.3 is 0 Å². The van der Waals surface area contributed by atoms with E-state index >= 15 is 0 Å². The molecule has 1 aliphatic carbocycles. The SMILES string of the molecule is Nc1ncc2ncn(CC(=O)N3C4C[C@@H]4C[C@H]3C(=O)Nc3cccc(Br)n3)c2n1. The Morgan fingerprint density at radius 3 is 2.93 bits per heavy atom. The number of rotatable bonds is 4. The van der Waals surface area contributed by atoms with E-state index in [2.05, 4.69) is 41.2 Å². The number of hydrogen-bond donors (Lipinski definition) is 2. The largest absolute Gasteiger partial charge is 0.368 e. The standard InChI is InChI=1S/C18H17BrN8O2/c19-13-2-1-3-14(23-13)24-17(29)12-5-9-4-11(9)27(12)15(28)7-26-8-22-10-6-21-18(20)25-16(10)26/h1-3,6,8-9,11-12H,4-5,7H2,(H2,20,21,25)(H,23,24,29)/t9-,11?,12+/m1/s1. The van der Waals surface area contributed by atoms with E-state index < -0.39 is 6.04 Å². The highest BCUT2D eigenvalue weighted by atomic mass is 79.9. The van der Waals surface area contributed by atoms with Gasteiger partial charge in [0, 0.05) is 6.04 Å². The number of nitrogens with zero attached hydrogens (tertiary/aromatic N) is 6. The molecule has 1 aliphatic heterocycles. The molecule has 29 heavy (non-hydrogen) atoms. The average Bonchev–Trinajstić information content (AvgIpc) is 3.17. The summed E-state index contributed by atoms with van der Waals surface area (Å²) >= 11 is 3.29. The van der Waals surface area contributed by atoms with Crippen LogP contribution in [-0.2, 0) is 16.1 Å². The molecule has 1 saturated heterocycles. The highest BCUT2D eigenvalue weighted by molar-refractivity contribution is 9.10. The third-order valence-electron chi connectivity index (χ3n) is 5.34. The molecule has 4 heterocycles. The molecular formula is C18H17BrN8O2. The number of anilines is 2. The predicted molar refractivity (Wildman–Crippen MR) is 107 cm³/mol. The number of likely N-dealkylation sites (tertiary alicyclic amines) is 1. The molecule has 148 valence electrons. The molecule has 0 aromatic carbocycles. The van der Waals surface area contributed by atoms with Crippen molar-refractivity contribution in [3.8, 4) is 0 Å². The second-order valence-corrected chi connectivity index (χ2v) is 8.07. The smallest absolute Gasteiger partial charge is 0.248 e. The van der Waals surface area contributed by atoms with Gasteiger partial charge < -0.3 is 20.5 Å². The molecule has 0 bridgehead atoms. The maximum atomic E-state index is 13.1. The fourth-order valence-corrected chi connectivity index (χ4v) is 4.29. The Labute approximate surface area is 173 Å². The predicted octanol–water partition coefficient (Wildman–Crippen LogP) is 1.19. The number of imidazole rings is 1. The van der Waals surface area contributed by atoms with Crippen molar-refractivity contribution in [1.82, 2.24) is 29.4 Å². The Kier molecular flexibility index (Phi) is 4.19. The zero-order valence-corrected chi connectivity index (χ0v) is 16.8. The van der Waals surface area contributed by atoms with Crippen LogP contribution in [0.5, 0.6) is 0 Å². The van der Waals surface area contributed by atoms with Crippen LogP contribution >= 0.6 is 15.9 Å². The number of aromatic nitrogens is 5. The van der Waals surface area contributed by atoms with Crippen LogP contribution in [0.1, 0.15) is 12.8 Å². The van der Waals surface area contributed by atoms with Crippen LogP contribution in [0.2, 0.25) is 0 Å². The van der Waals surface area contributed by atoms with Gasteiger partial charge in [-0.25, -0.2) is 15.0 Å². The number of nitrogen functional groups attached to an aromatic ring is 1. The summed E-state index contributed by atoms with van der Waals surface area (Å²) in [6.07, 6.45) is 4.66. The fraction of sp³-hybridized carbons (Fsp3) is 0.333. The Bertz CT molecular complexity index is 1130. The number of pyridine rings is 1. The average molecular weight is 457 g/mol. The molecular weight excluding hydrogens is 440 g/mol. The minimum atomic E-state index is -0.512. The molecule has 5 rings (SSSR count). The fourth-order valence-electron chi connectivity index (χ4n) is 3.95. The topological polar surface area (TPSA) is 132 Å². The van der Waals surface area contributed by atoms with Crippen LogP contribution in [-0.4, -0.2) is 53.3 Å². The second-order valence-electron chi connectivity index (χ2n) is 7.26. The molecule has 3 aromatic heterocycles. The highest BCUT2D eigenvalue weighted by Crippen LogP contribution is 2.48. The molecule has 3 aromatic rings. The van der Waals surface area contributed by atoms with Crippen molar-refractivity contribution < 1.29 is 9.59 Å². The van der Waals surface area contributed by atoms with E-state index in [1.807, 2.05) is 0 Å². The molecule has 2 amide bonds. The number of carbonyl (C=O) groups is 2. The van der Waals surface area contributed by atoms with Crippen LogP contribution < -0.4 is 11.1 Å². The van der Waals surface area contributed by atoms with Crippen LogP contribution in [0.15, 0.2) is 35.3 Å². The number of fused-ring (bicyclic) bond motifs is 2. The summed E-state index contributed by atoms with van der Waals surface area (Å²) < 4.78 is 2.27. The van der Waals surface area contributed by atoms with Gasteiger partial charge in [0.2, 0.25) is 17.8 Å². The number of amides is 2. The Hall–Kier alpha value is -3.08. The van der Waals surface area contributed by atoms with Gasteiger partial charge in [0.1, 0.15) is 28.5 Å². The third-order valence-corrected chi connectivity index (χ3v) is 5.79. The molecule has 3 N–H and O–H groups in total. The first-order chi connectivity index (χ1) is 14.0. The van der Waals surface area contributed by atoms with Gasteiger partial charge in [-0.2, -0.15) is 4.98 Å². The first-order valence-corrected chi connectivity index (χ1v) is 9.97. The number of piperidine rings is 1. The van der Waals surface area contributed by atoms with Gasteiger partial charge in [-0.05, 0) is 46.8 Å². The second kappa shape index (κ2) is 6.76. The van der Waals surface area contributed by atoms with Gasteiger partial charge in [0.25, 0.3) is 0 Å². The minimum Gasteiger partial charge on any atom is -0.368 e. The van der Waals surface area contributed by atoms with Gasteiger partial charge in [-0.15, -0.1) is 0 Å². The third kappa shape index (κ3) is 3.31. The maximum absolute atomic E-state index is 13.1. The number of carbonyl (C=O) groups excluding carboxylic acids is 2. The molecule has 10 nitrogen and oxygen atoms in total. The minimum absolute atomic E-state index is 0.0368. The van der Waals surface area contributed by atoms with Crippen molar-refractivity contribution in [1.29, 1.82) is 0 Å². The van der Waals surface area contributed by atoms with Gasteiger partial charge in [-0.1, -0.05) is 6.07 Å². The molecule has 1 unspecified atom stereocenters. The van der Waals surface area contributed by atoms with Crippen LogP contribution in [0.25, 0.3) is 11.2 Å². The summed E-state index contributed by atoms with van der Waals surface area (Å²) in [5.41, 5.74) is 6.72. The summed E-state index contributed by atoms with van der Waals surface area (Å²) in [4.78, 5) is 44.2. The summed E-state index contributed by atoms with van der Waals surface area (Å²) in [5.74, 6) is 0.578. The first-order valence-electron chi connectivity index (χ1n) is 9.17. The van der Waals surface area contributed by atoms with E-state index in [1.165, 1.54) is 12.5 Å². The molecule has 0 spiro atoms. The van der Waals surface area contributed by atoms with Crippen molar-refractivity contribution in [2.45, 2.75) is 31.5 Å². The summed E-state index contributed by atoms with van der Waals surface area (Å²) in [6, 6.07) is 4.89. The molecule has 1 saturated carbocycles. The Morgan fingerprint density at radius 1 is 1.24 bits per heavy atom. The number of halogens is 1. The van der Waals surface area contributed by atoms with Crippen LogP contribution in [0, 0.1) is 5.92 Å². The van der Waals surface area contributed by atoms with Crippen molar-refractivity contribution in [3.05, 3.63) is 35.3 Å². The molecule has 2 aliphatic rings. The number of hydrogen-bond acceptors (Lipinski definition) is 7. The van der Waals surface area contributed by atoms with E-state index in [0.29, 0.717) is 33.9 Å². The van der Waals surface area contributed by atoms with Crippen molar-refractivity contribution in [2.24, 2.45) is 5.92 Å². The van der Waals surface area contributed by atoms with Crippen molar-refractivity contribution >= 4 is 50.7 Å². The maximum Gasteiger partial charge on any atom is 0.248 e. The van der Waals surface area contributed by atoms with Crippen molar-refractivity contribution in [3.63, 3.8) is 0 Å². The van der Waals surface area contributed by atoms with Crippen molar-refractivity contribution in [2.75, 3.05) is 11.1 Å². The lowest BCUT2D eigenvalue weighted by Gasteiger charge is -2.27. The number of nitrogens with two attached hydrogens (primary N) is 1. The lowest BCUT2D eigenvalue weighted by atomic mass is 10.1. The molecule has 3 atom stereocenters. The molecule has 11 heteroatoms. The van der Waals surface area contributed by atoms with Crippen LogP contribution in [0.3, 0.4) is 0 Å². The Morgan fingerprint density at radius 2 is 2.10 bits per heavy atom. The van der Waals surface area contributed by atoms with E-state index in [9.17, 15) is 9.59 Å². The number of nitrogens with one attached hydrogen (secondary N) is 1. The molecule has 0 radical (unpaired) electrons. The van der Waals surface area contributed by atoms with Gasteiger partial charge in [0.05, 0.1) is 12.5 Å². The van der Waals surface area contributed by atoms with E-state index in [-0.39, 0.29) is 30.3 Å².